The molecular weight excluding hydrogens is 151 g/mol. The molecule has 5 nitrogen and oxygen atoms in total. The zero-order valence-electron chi connectivity index (χ0n) is 6.52. The van der Waals surface area contributed by atoms with E-state index in [1.165, 1.54) is 0 Å². The first-order valence-corrected chi connectivity index (χ1v) is 3.57. The Morgan fingerprint density at radius 1 is 1.18 bits per heavy atom. The molecule has 66 valence electrons. The molecule has 0 aliphatic rings. The number of hydrogen-bond donors (Lipinski definition) is 2. The Morgan fingerprint density at radius 2 is 1.82 bits per heavy atom. The molecule has 0 saturated heterocycles. The predicted molar refractivity (Wildman–Crippen MR) is 38.7 cm³/mol. The third-order valence-electron chi connectivity index (χ3n) is 1.17. The van der Waals surface area contributed by atoms with Gasteiger partial charge in [0.1, 0.15) is 0 Å². The highest BCUT2D eigenvalue weighted by Crippen LogP contribution is 1.96. The van der Waals surface area contributed by atoms with Crippen LogP contribution < -0.4 is 0 Å². The number of hydrogen-bond acceptors (Lipinski definition) is 5. The van der Waals surface area contributed by atoms with E-state index in [2.05, 4.69) is 16.5 Å². The zero-order chi connectivity index (χ0) is 8.53. The summed E-state index contributed by atoms with van der Waals surface area (Å²) in [5.74, 6) is 0. The standard InChI is InChI=1S/C5H13BO5/c1-2-3-4-5-9-6(10-7)11-8/h7-8H,2-5H2,1H3. The molecule has 0 fully saturated rings. The van der Waals surface area contributed by atoms with E-state index in [9.17, 15) is 0 Å². The molecule has 0 amide bonds. The Morgan fingerprint density at radius 3 is 2.27 bits per heavy atom. The fourth-order valence-electron chi connectivity index (χ4n) is 0.612. The second-order valence-corrected chi connectivity index (χ2v) is 2.08. The van der Waals surface area contributed by atoms with Crippen LogP contribution in [-0.2, 0) is 14.3 Å². The van der Waals surface area contributed by atoms with Crippen molar-refractivity contribution in [3.63, 3.8) is 0 Å². The molecule has 0 aliphatic heterocycles. The normalized spacial score (nSPS) is 10.1. The highest BCUT2D eigenvalue weighted by Gasteiger charge is 2.20. The van der Waals surface area contributed by atoms with Gasteiger partial charge in [-0.1, -0.05) is 19.8 Å². The molecule has 0 unspecified atom stereocenters. The van der Waals surface area contributed by atoms with Gasteiger partial charge < -0.3 is 4.65 Å². The minimum absolute atomic E-state index is 0.389. The van der Waals surface area contributed by atoms with Crippen LogP contribution in [0, 0.1) is 0 Å². The van der Waals surface area contributed by atoms with Crippen molar-refractivity contribution in [2.24, 2.45) is 0 Å². The molecule has 2 N–H and O–H groups in total. The first-order valence-electron chi connectivity index (χ1n) is 3.57. The number of rotatable bonds is 7. The van der Waals surface area contributed by atoms with E-state index >= 15 is 0 Å². The summed E-state index contributed by atoms with van der Waals surface area (Å²) in [5.41, 5.74) is 0. The fourth-order valence-corrected chi connectivity index (χ4v) is 0.612. The summed E-state index contributed by atoms with van der Waals surface area (Å²) in [7, 11) is -1.38. The van der Waals surface area contributed by atoms with Crippen molar-refractivity contribution in [3.05, 3.63) is 0 Å². The number of unbranched alkanes of at least 4 members (excludes halogenated alkanes) is 2. The van der Waals surface area contributed by atoms with Crippen LogP contribution in [0.25, 0.3) is 0 Å². The summed E-state index contributed by atoms with van der Waals surface area (Å²) >= 11 is 0. The lowest BCUT2D eigenvalue weighted by molar-refractivity contribution is -0.250. The van der Waals surface area contributed by atoms with Crippen molar-refractivity contribution in [3.8, 4) is 0 Å². The SMILES string of the molecule is CCCCCOB(OO)OO. The maximum Gasteiger partial charge on any atom is 0.696 e. The van der Waals surface area contributed by atoms with Gasteiger partial charge in [-0.3, -0.25) is 10.5 Å². The molecule has 0 aromatic rings. The van der Waals surface area contributed by atoms with Gasteiger partial charge in [-0.2, -0.15) is 0 Å². The maximum atomic E-state index is 7.97. The van der Waals surface area contributed by atoms with E-state index in [1.807, 2.05) is 0 Å². The minimum atomic E-state index is -1.38. The summed E-state index contributed by atoms with van der Waals surface area (Å²) in [6, 6.07) is 0. The van der Waals surface area contributed by atoms with Crippen LogP contribution in [0.4, 0.5) is 0 Å². The molecule has 0 spiro atoms. The fraction of sp³-hybridized carbons (Fsp3) is 1.00. The Balaban J connectivity index is 3.07. The molecule has 0 saturated carbocycles. The Hall–Kier alpha value is -0.135. The highest BCUT2D eigenvalue weighted by molar-refractivity contribution is 6.35. The van der Waals surface area contributed by atoms with Crippen LogP contribution in [0.2, 0.25) is 0 Å². The van der Waals surface area contributed by atoms with Crippen molar-refractivity contribution in [1.82, 2.24) is 0 Å². The lowest BCUT2D eigenvalue weighted by Crippen LogP contribution is -2.24. The van der Waals surface area contributed by atoms with Crippen molar-refractivity contribution >= 4 is 7.32 Å². The van der Waals surface area contributed by atoms with Gasteiger partial charge in [0.15, 0.2) is 0 Å². The van der Waals surface area contributed by atoms with Gasteiger partial charge in [0.2, 0.25) is 0 Å². The molecule has 6 heteroatoms. The first-order chi connectivity index (χ1) is 5.35. The summed E-state index contributed by atoms with van der Waals surface area (Å²) < 4.78 is 4.70. The molecule has 0 bridgehead atoms. The van der Waals surface area contributed by atoms with Crippen molar-refractivity contribution < 1.29 is 24.8 Å². The second kappa shape index (κ2) is 7.97. The van der Waals surface area contributed by atoms with E-state index in [0.717, 1.165) is 19.3 Å². The van der Waals surface area contributed by atoms with Crippen molar-refractivity contribution in [1.29, 1.82) is 0 Å². The monoisotopic (exact) mass is 164 g/mol. The molecule has 0 atom stereocenters. The van der Waals surface area contributed by atoms with Gasteiger partial charge in [0.05, 0.1) is 0 Å². The topological polar surface area (TPSA) is 68.2 Å². The first kappa shape index (κ1) is 10.9. The van der Waals surface area contributed by atoms with Gasteiger partial charge in [-0.05, 0) is 6.42 Å². The van der Waals surface area contributed by atoms with Gasteiger partial charge in [0.25, 0.3) is 0 Å². The van der Waals surface area contributed by atoms with Crippen LogP contribution in [0.15, 0.2) is 0 Å². The van der Waals surface area contributed by atoms with E-state index < -0.39 is 7.32 Å². The van der Waals surface area contributed by atoms with E-state index in [1.54, 1.807) is 0 Å². The van der Waals surface area contributed by atoms with Crippen LogP contribution in [0.1, 0.15) is 26.2 Å². The Bertz CT molecular complexity index is 77.3. The summed E-state index contributed by atoms with van der Waals surface area (Å²) in [4.78, 5) is 7.17. The van der Waals surface area contributed by atoms with Gasteiger partial charge in [-0.25, -0.2) is 9.61 Å². The minimum Gasteiger partial charge on any atom is -0.383 e. The molecule has 0 aromatic carbocycles. The Labute approximate surface area is 65.9 Å². The smallest absolute Gasteiger partial charge is 0.383 e. The maximum absolute atomic E-state index is 7.97. The molecule has 11 heavy (non-hydrogen) atoms. The van der Waals surface area contributed by atoms with Crippen LogP contribution in [0.5, 0.6) is 0 Å². The largest absolute Gasteiger partial charge is 0.696 e. The second-order valence-electron chi connectivity index (χ2n) is 2.08. The zero-order valence-corrected chi connectivity index (χ0v) is 6.52. The van der Waals surface area contributed by atoms with Gasteiger partial charge in [0, 0.05) is 6.61 Å². The van der Waals surface area contributed by atoms with Crippen molar-refractivity contribution in [2.75, 3.05) is 6.61 Å². The van der Waals surface area contributed by atoms with Crippen molar-refractivity contribution in [2.45, 2.75) is 26.2 Å². The van der Waals surface area contributed by atoms with E-state index in [-0.39, 0.29) is 0 Å². The molecule has 0 heterocycles. The quantitative estimate of drug-likeness (QED) is 0.255. The molecular formula is C5H13BO5. The third kappa shape index (κ3) is 6.27. The molecule has 0 aromatic heterocycles. The summed E-state index contributed by atoms with van der Waals surface area (Å²) in [6.45, 7) is 2.45. The Kier molecular flexibility index (Phi) is 7.87. The van der Waals surface area contributed by atoms with Crippen LogP contribution >= 0.6 is 0 Å². The van der Waals surface area contributed by atoms with Crippen LogP contribution in [0.3, 0.4) is 0 Å². The lowest BCUT2D eigenvalue weighted by Gasteiger charge is -2.04. The summed E-state index contributed by atoms with van der Waals surface area (Å²) in [5, 5.41) is 15.9. The van der Waals surface area contributed by atoms with Gasteiger partial charge >= 0.3 is 7.32 Å². The lowest BCUT2D eigenvalue weighted by atomic mass is 10.2. The van der Waals surface area contributed by atoms with E-state index in [4.69, 9.17) is 15.2 Å². The van der Waals surface area contributed by atoms with Gasteiger partial charge in [-0.15, -0.1) is 0 Å². The molecule has 0 aliphatic carbocycles. The third-order valence-corrected chi connectivity index (χ3v) is 1.17. The van der Waals surface area contributed by atoms with Crippen LogP contribution in [-0.4, -0.2) is 24.4 Å². The predicted octanol–water partition coefficient (Wildman–Crippen LogP) is 1.16. The van der Waals surface area contributed by atoms with E-state index in [0.29, 0.717) is 6.61 Å². The molecule has 0 rings (SSSR count). The highest BCUT2D eigenvalue weighted by atomic mass is 17.2. The average molecular weight is 164 g/mol. The average Bonchev–Trinajstić information content (AvgIpc) is 2.05. The summed E-state index contributed by atoms with van der Waals surface area (Å²) in [6.07, 6.45) is 2.96. The molecule has 0 radical (unpaired) electrons.